The average molecular weight is 446 g/mol. The number of hydrogen-bond acceptors (Lipinski definition) is 8. The first-order chi connectivity index (χ1) is 14.6. The Bertz CT molecular complexity index is 974. The van der Waals surface area contributed by atoms with E-state index in [4.69, 9.17) is 4.42 Å². The average Bonchev–Trinajstić information content (AvgIpc) is 3.45. The van der Waals surface area contributed by atoms with Crippen LogP contribution < -0.4 is 15.5 Å². The van der Waals surface area contributed by atoms with Crippen molar-refractivity contribution in [2.75, 3.05) is 29.6 Å². The zero-order valence-electron chi connectivity index (χ0n) is 16.8. The summed E-state index contributed by atoms with van der Waals surface area (Å²) in [6.07, 6.45) is 2.56. The molecule has 0 bridgehead atoms. The van der Waals surface area contributed by atoms with Crippen molar-refractivity contribution in [3.8, 4) is 0 Å². The smallest absolute Gasteiger partial charge is 0.253 e. The molecule has 0 saturated carbocycles. The first-order valence-electron chi connectivity index (χ1n) is 9.44. The zero-order chi connectivity index (χ0) is 21.3. The molecule has 0 atom stereocenters. The van der Waals surface area contributed by atoms with E-state index >= 15 is 0 Å². The van der Waals surface area contributed by atoms with Gasteiger partial charge in [-0.3, -0.25) is 9.59 Å². The maximum atomic E-state index is 12.7. The molecule has 1 aromatic carbocycles. The van der Waals surface area contributed by atoms with E-state index in [-0.39, 0.29) is 24.1 Å². The van der Waals surface area contributed by atoms with Crippen molar-refractivity contribution < 1.29 is 14.0 Å². The number of carbonyl (C=O) groups is 2. The van der Waals surface area contributed by atoms with Crippen LogP contribution in [0.25, 0.3) is 0 Å². The maximum Gasteiger partial charge on any atom is 0.253 e. The Hall–Kier alpha value is -2.85. The van der Waals surface area contributed by atoms with Crippen molar-refractivity contribution in [3.63, 3.8) is 0 Å². The molecule has 0 aliphatic rings. The molecule has 30 heavy (non-hydrogen) atoms. The van der Waals surface area contributed by atoms with E-state index < -0.39 is 0 Å². The molecule has 8 nitrogen and oxygen atoms in total. The van der Waals surface area contributed by atoms with Crippen molar-refractivity contribution in [3.05, 3.63) is 54.0 Å². The van der Waals surface area contributed by atoms with Crippen molar-refractivity contribution in [1.82, 2.24) is 15.5 Å². The molecular weight excluding hydrogens is 422 g/mol. The van der Waals surface area contributed by atoms with Crippen molar-refractivity contribution in [1.29, 1.82) is 0 Å². The maximum absolute atomic E-state index is 12.7. The van der Waals surface area contributed by atoms with Gasteiger partial charge in [-0.1, -0.05) is 42.2 Å². The number of para-hydroxylation sites is 1. The predicted octanol–water partition coefficient (Wildman–Crippen LogP) is 3.64. The van der Waals surface area contributed by atoms with Gasteiger partial charge < -0.3 is 20.0 Å². The van der Waals surface area contributed by atoms with Gasteiger partial charge in [0.25, 0.3) is 5.91 Å². The highest BCUT2D eigenvalue weighted by Gasteiger charge is 2.19. The van der Waals surface area contributed by atoms with Gasteiger partial charge in [0.1, 0.15) is 5.76 Å². The monoisotopic (exact) mass is 445 g/mol. The second-order valence-electron chi connectivity index (χ2n) is 6.32. The van der Waals surface area contributed by atoms with Crippen LogP contribution in [-0.4, -0.2) is 41.4 Å². The first-order valence-corrected chi connectivity index (χ1v) is 11.2. The number of rotatable bonds is 10. The van der Waals surface area contributed by atoms with E-state index in [0.29, 0.717) is 17.0 Å². The zero-order valence-corrected chi connectivity index (χ0v) is 18.4. The molecule has 3 aromatic rings. The van der Waals surface area contributed by atoms with E-state index in [1.807, 2.05) is 0 Å². The molecule has 0 fully saturated rings. The standard InChI is InChI=1S/C20H23N5O3S2/c1-3-10-21-19-23-24-20(30-19)29-13-17(26)25(2)16-9-5-4-8-15(16)18(27)22-12-14-7-6-11-28-14/h4-9,11H,3,10,12-13H2,1-2H3,(H,21,23)(H,22,27). The predicted molar refractivity (Wildman–Crippen MR) is 119 cm³/mol. The molecule has 158 valence electrons. The van der Waals surface area contributed by atoms with E-state index in [9.17, 15) is 9.59 Å². The van der Waals surface area contributed by atoms with Crippen LogP contribution in [0, 0.1) is 0 Å². The van der Waals surface area contributed by atoms with Crippen LogP contribution in [0.5, 0.6) is 0 Å². The highest BCUT2D eigenvalue weighted by atomic mass is 32.2. The summed E-state index contributed by atoms with van der Waals surface area (Å²) < 4.78 is 5.96. The molecule has 2 N–H and O–H groups in total. The molecule has 0 saturated heterocycles. The SMILES string of the molecule is CCCNc1nnc(SCC(=O)N(C)c2ccccc2C(=O)NCc2ccco2)s1. The quantitative estimate of drug-likeness (QED) is 0.460. The van der Waals surface area contributed by atoms with Crippen LogP contribution in [0.1, 0.15) is 29.5 Å². The van der Waals surface area contributed by atoms with Crippen LogP contribution in [0.3, 0.4) is 0 Å². The molecule has 0 unspecified atom stereocenters. The van der Waals surface area contributed by atoms with Gasteiger partial charge in [0.05, 0.1) is 29.8 Å². The summed E-state index contributed by atoms with van der Waals surface area (Å²) in [5, 5.41) is 14.9. The fourth-order valence-corrected chi connectivity index (χ4v) is 4.25. The van der Waals surface area contributed by atoms with E-state index in [2.05, 4.69) is 27.8 Å². The van der Waals surface area contributed by atoms with Gasteiger partial charge in [-0.05, 0) is 30.7 Å². The third-order valence-electron chi connectivity index (χ3n) is 4.14. The number of amides is 2. The van der Waals surface area contributed by atoms with Gasteiger partial charge in [0, 0.05) is 13.6 Å². The number of nitrogens with one attached hydrogen (secondary N) is 2. The third-order valence-corrected chi connectivity index (χ3v) is 6.14. The van der Waals surface area contributed by atoms with Gasteiger partial charge in [-0.2, -0.15) is 0 Å². The summed E-state index contributed by atoms with van der Waals surface area (Å²) in [6, 6.07) is 10.6. The van der Waals surface area contributed by atoms with Crippen LogP contribution >= 0.6 is 23.1 Å². The number of anilines is 2. The molecule has 0 radical (unpaired) electrons. The molecule has 0 spiro atoms. The Labute approximate surface area is 183 Å². The fraction of sp³-hybridized carbons (Fsp3) is 0.300. The highest BCUT2D eigenvalue weighted by molar-refractivity contribution is 8.01. The number of carbonyl (C=O) groups excluding carboxylic acids is 2. The Balaban J connectivity index is 1.60. The van der Waals surface area contributed by atoms with E-state index in [0.717, 1.165) is 22.4 Å². The summed E-state index contributed by atoms with van der Waals surface area (Å²) in [4.78, 5) is 26.8. The largest absolute Gasteiger partial charge is 0.467 e. The van der Waals surface area contributed by atoms with Crippen molar-refractivity contribution in [2.45, 2.75) is 24.2 Å². The summed E-state index contributed by atoms with van der Waals surface area (Å²) in [7, 11) is 1.66. The number of nitrogens with zero attached hydrogens (tertiary/aromatic N) is 3. The number of benzene rings is 1. The number of thioether (sulfide) groups is 1. The molecule has 0 aliphatic carbocycles. The number of hydrogen-bond donors (Lipinski definition) is 2. The number of aromatic nitrogens is 2. The van der Waals surface area contributed by atoms with Gasteiger partial charge in [0.15, 0.2) is 4.34 Å². The van der Waals surface area contributed by atoms with Crippen LogP contribution in [0.15, 0.2) is 51.4 Å². The second-order valence-corrected chi connectivity index (χ2v) is 8.52. The van der Waals surface area contributed by atoms with E-state index in [1.165, 1.54) is 28.0 Å². The Morgan fingerprint density at radius 1 is 1.20 bits per heavy atom. The Morgan fingerprint density at radius 3 is 2.80 bits per heavy atom. The first kappa shape index (κ1) is 21.8. The van der Waals surface area contributed by atoms with E-state index in [1.54, 1.807) is 49.7 Å². The van der Waals surface area contributed by atoms with Crippen molar-refractivity contribution >= 4 is 45.7 Å². The summed E-state index contributed by atoms with van der Waals surface area (Å²) in [5.41, 5.74) is 0.967. The Morgan fingerprint density at radius 2 is 2.03 bits per heavy atom. The lowest BCUT2D eigenvalue weighted by molar-refractivity contribution is -0.115. The molecule has 10 heteroatoms. The lowest BCUT2D eigenvalue weighted by Crippen LogP contribution is -2.31. The van der Waals surface area contributed by atoms with Gasteiger partial charge in [-0.25, -0.2) is 0 Å². The molecule has 2 aromatic heterocycles. The normalized spacial score (nSPS) is 10.6. The summed E-state index contributed by atoms with van der Waals surface area (Å²) in [5.74, 6) is 0.447. The topological polar surface area (TPSA) is 100 Å². The van der Waals surface area contributed by atoms with Gasteiger partial charge >= 0.3 is 0 Å². The van der Waals surface area contributed by atoms with Crippen molar-refractivity contribution in [2.24, 2.45) is 0 Å². The molecular formula is C20H23N5O3S2. The molecule has 3 rings (SSSR count). The minimum atomic E-state index is -0.273. The van der Waals surface area contributed by atoms with Gasteiger partial charge in [0.2, 0.25) is 11.0 Å². The van der Waals surface area contributed by atoms with Crippen LogP contribution in [-0.2, 0) is 11.3 Å². The lowest BCUT2D eigenvalue weighted by atomic mass is 10.1. The van der Waals surface area contributed by atoms with Crippen LogP contribution in [0.2, 0.25) is 0 Å². The molecule has 2 heterocycles. The summed E-state index contributed by atoms with van der Waals surface area (Å²) >= 11 is 2.75. The lowest BCUT2D eigenvalue weighted by Gasteiger charge is -2.20. The second kappa shape index (κ2) is 10.8. The molecule has 0 aliphatic heterocycles. The summed E-state index contributed by atoms with van der Waals surface area (Å²) in [6.45, 7) is 3.19. The minimum Gasteiger partial charge on any atom is -0.467 e. The number of furan rings is 1. The highest BCUT2D eigenvalue weighted by Crippen LogP contribution is 2.27. The fourth-order valence-electron chi connectivity index (χ4n) is 2.56. The minimum absolute atomic E-state index is 0.135. The van der Waals surface area contributed by atoms with Crippen LogP contribution in [0.4, 0.5) is 10.8 Å². The third kappa shape index (κ3) is 5.83. The molecule has 2 amide bonds. The van der Waals surface area contributed by atoms with Gasteiger partial charge in [-0.15, -0.1) is 10.2 Å². The Kier molecular flexibility index (Phi) is 7.86.